The van der Waals surface area contributed by atoms with Crippen LogP contribution in [-0.2, 0) is 9.59 Å². The van der Waals surface area contributed by atoms with Gasteiger partial charge < -0.3 is 10.4 Å². The molecule has 4 nitrogen and oxygen atoms in total. The van der Waals surface area contributed by atoms with Crippen LogP contribution in [0.2, 0.25) is 5.02 Å². The summed E-state index contributed by atoms with van der Waals surface area (Å²) < 4.78 is 0. The second-order valence-electron chi connectivity index (χ2n) is 4.68. The topological polar surface area (TPSA) is 66.4 Å². The first-order valence-electron chi connectivity index (χ1n) is 6.79. The summed E-state index contributed by atoms with van der Waals surface area (Å²) in [6, 6.07) is 7.39. The molecule has 1 aromatic rings. The summed E-state index contributed by atoms with van der Waals surface area (Å²) in [5.41, 5.74) is 0.985. The van der Waals surface area contributed by atoms with Crippen LogP contribution in [0.3, 0.4) is 0 Å². The van der Waals surface area contributed by atoms with Gasteiger partial charge in [0.25, 0.3) is 0 Å². The molecule has 1 atom stereocenters. The van der Waals surface area contributed by atoms with Crippen molar-refractivity contribution in [3.05, 3.63) is 34.9 Å². The Morgan fingerprint density at radius 3 is 2.60 bits per heavy atom. The number of aliphatic carboxylic acids is 1. The maximum absolute atomic E-state index is 11.8. The number of carboxylic acids is 1. The number of carbonyl (C=O) groups is 2. The van der Waals surface area contributed by atoms with E-state index in [9.17, 15) is 9.59 Å². The smallest absolute Gasteiger partial charge is 0.303 e. The molecule has 0 aliphatic carbocycles. The van der Waals surface area contributed by atoms with Gasteiger partial charge in [-0.05, 0) is 37.0 Å². The van der Waals surface area contributed by atoms with Gasteiger partial charge in [-0.1, -0.05) is 30.7 Å². The van der Waals surface area contributed by atoms with Crippen LogP contribution in [-0.4, -0.2) is 17.0 Å². The minimum absolute atomic E-state index is 0.0535. The highest BCUT2D eigenvalue weighted by atomic mass is 35.5. The zero-order chi connectivity index (χ0) is 15.0. The van der Waals surface area contributed by atoms with E-state index in [2.05, 4.69) is 5.32 Å². The van der Waals surface area contributed by atoms with E-state index in [-0.39, 0.29) is 18.4 Å². The first-order chi connectivity index (χ1) is 9.52. The third kappa shape index (κ3) is 6.06. The van der Waals surface area contributed by atoms with Gasteiger partial charge in [-0.3, -0.25) is 9.59 Å². The van der Waals surface area contributed by atoms with Crippen molar-refractivity contribution in [2.75, 3.05) is 0 Å². The van der Waals surface area contributed by atoms with E-state index < -0.39 is 5.97 Å². The Hall–Kier alpha value is -1.55. The van der Waals surface area contributed by atoms with E-state index in [1.54, 1.807) is 6.07 Å². The molecule has 0 heterocycles. The summed E-state index contributed by atoms with van der Waals surface area (Å²) in [5.74, 6) is -0.877. The number of hydrogen-bond acceptors (Lipinski definition) is 2. The third-order valence-electron chi connectivity index (χ3n) is 3.04. The van der Waals surface area contributed by atoms with Crippen LogP contribution >= 0.6 is 11.6 Å². The molecule has 1 aromatic carbocycles. The summed E-state index contributed by atoms with van der Waals surface area (Å²) in [6.07, 6.45) is 2.35. The second-order valence-corrected chi connectivity index (χ2v) is 5.12. The first kappa shape index (κ1) is 16.5. The Balaban J connectivity index is 2.44. The monoisotopic (exact) mass is 297 g/mol. The van der Waals surface area contributed by atoms with Gasteiger partial charge in [0.15, 0.2) is 0 Å². The predicted octanol–water partition coefficient (Wildman–Crippen LogP) is 3.55. The Morgan fingerprint density at radius 1 is 1.30 bits per heavy atom. The normalized spacial score (nSPS) is 11.9. The fraction of sp³-hybridized carbons (Fsp3) is 0.467. The molecule has 0 spiro atoms. The standard InChI is InChI=1S/C15H20ClNO3/c1-2-13(11-6-5-7-12(16)10-11)17-14(18)8-3-4-9-15(19)20/h5-7,10,13H,2-4,8-9H2,1H3,(H,17,18)(H,19,20). The van der Waals surface area contributed by atoms with E-state index in [4.69, 9.17) is 16.7 Å². The van der Waals surface area contributed by atoms with Gasteiger partial charge in [0, 0.05) is 17.9 Å². The van der Waals surface area contributed by atoms with Gasteiger partial charge in [0.05, 0.1) is 6.04 Å². The molecular formula is C15H20ClNO3. The molecule has 0 bridgehead atoms. The highest BCUT2D eigenvalue weighted by molar-refractivity contribution is 6.30. The lowest BCUT2D eigenvalue weighted by atomic mass is 10.0. The van der Waals surface area contributed by atoms with Crippen LogP contribution in [0, 0.1) is 0 Å². The average molecular weight is 298 g/mol. The molecule has 1 rings (SSSR count). The summed E-state index contributed by atoms with van der Waals surface area (Å²) >= 11 is 5.95. The minimum Gasteiger partial charge on any atom is -0.481 e. The van der Waals surface area contributed by atoms with Gasteiger partial charge in [-0.2, -0.15) is 0 Å². The van der Waals surface area contributed by atoms with Gasteiger partial charge in [0.1, 0.15) is 0 Å². The number of nitrogens with one attached hydrogen (secondary N) is 1. The molecule has 0 fully saturated rings. The fourth-order valence-corrected chi connectivity index (χ4v) is 2.17. The molecular weight excluding hydrogens is 278 g/mol. The largest absolute Gasteiger partial charge is 0.481 e. The lowest BCUT2D eigenvalue weighted by molar-refractivity contribution is -0.137. The number of halogens is 1. The van der Waals surface area contributed by atoms with Crippen LogP contribution in [0.15, 0.2) is 24.3 Å². The molecule has 1 amide bonds. The van der Waals surface area contributed by atoms with Crippen molar-refractivity contribution >= 4 is 23.5 Å². The van der Waals surface area contributed by atoms with Gasteiger partial charge in [-0.15, -0.1) is 0 Å². The highest BCUT2D eigenvalue weighted by Gasteiger charge is 2.12. The van der Waals surface area contributed by atoms with E-state index in [0.29, 0.717) is 24.3 Å². The molecule has 0 aliphatic rings. The molecule has 5 heteroatoms. The van der Waals surface area contributed by atoms with Crippen LogP contribution in [0.4, 0.5) is 0 Å². The van der Waals surface area contributed by atoms with Crippen LogP contribution in [0.25, 0.3) is 0 Å². The molecule has 1 unspecified atom stereocenters. The molecule has 0 saturated carbocycles. The number of carbonyl (C=O) groups excluding carboxylic acids is 1. The number of unbranched alkanes of at least 4 members (excludes halogenated alkanes) is 1. The maximum Gasteiger partial charge on any atom is 0.303 e. The Bertz CT molecular complexity index is 462. The molecule has 0 saturated heterocycles. The molecule has 0 aromatic heterocycles. The Labute approximate surface area is 124 Å². The van der Waals surface area contributed by atoms with E-state index in [1.165, 1.54) is 0 Å². The summed E-state index contributed by atoms with van der Waals surface area (Å²) in [7, 11) is 0. The quantitative estimate of drug-likeness (QED) is 0.721. The lowest BCUT2D eigenvalue weighted by Gasteiger charge is -2.17. The van der Waals surface area contributed by atoms with Crippen LogP contribution < -0.4 is 5.32 Å². The SMILES string of the molecule is CCC(NC(=O)CCCCC(=O)O)c1cccc(Cl)c1. The maximum atomic E-state index is 11.8. The van der Waals surface area contributed by atoms with Crippen molar-refractivity contribution in [3.63, 3.8) is 0 Å². The molecule has 0 radical (unpaired) electrons. The number of carboxylic acid groups (broad SMARTS) is 1. The van der Waals surface area contributed by atoms with E-state index in [1.807, 2.05) is 25.1 Å². The van der Waals surface area contributed by atoms with Crippen molar-refractivity contribution in [1.82, 2.24) is 5.32 Å². The minimum atomic E-state index is -0.823. The van der Waals surface area contributed by atoms with Gasteiger partial charge in [0.2, 0.25) is 5.91 Å². The zero-order valence-corrected chi connectivity index (χ0v) is 12.3. The lowest BCUT2D eigenvalue weighted by Crippen LogP contribution is -2.27. The average Bonchev–Trinajstić information content (AvgIpc) is 2.40. The first-order valence-corrected chi connectivity index (χ1v) is 7.17. The Morgan fingerprint density at radius 2 is 2.00 bits per heavy atom. The van der Waals surface area contributed by atoms with Crippen LogP contribution in [0.5, 0.6) is 0 Å². The number of amides is 1. The van der Waals surface area contributed by atoms with Crippen molar-refractivity contribution < 1.29 is 14.7 Å². The highest BCUT2D eigenvalue weighted by Crippen LogP contribution is 2.20. The van der Waals surface area contributed by atoms with Crippen molar-refractivity contribution in [2.24, 2.45) is 0 Å². The molecule has 20 heavy (non-hydrogen) atoms. The summed E-state index contributed by atoms with van der Waals surface area (Å²) in [4.78, 5) is 22.2. The molecule has 110 valence electrons. The van der Waals surface area contributed by atoms with E-state index in [0.717, 1.165) is 12.0 Å². The predicted molar refractivity (Wildman–Crippen MR) is 78.7 cm³/mol. The molecule has 2 N–H and O–H groups in total. The summed E-state index contributed by atoms with van der Waals surface area (Å²) in [5, 5.41) is 12.1. The van der Waals surface area contributed by atoms with Crippen molar-refractivity contribution in [1.29, 1.82) is 0 Å². The van der Waals surface area contributed by atoms with Gasteiger partial charge in [-0.25, -0.2) is 0 Å². The van der Waals surface area contributed by atoms with Gasteiger partial charge >= 0.3 is 5.97 Å². The van der Waals surface area contributed by atoms with Crippen molar-refractivity contribution in [2.45, 2.75) is 45.1 Å². The zero-order valence-electron chi connectivity index (χ0n) is 11.6. The number of rotatable bonds is 8. The number of benzene rings is 1. The van der Waals surface area contributed by atoms with Crippen molar-refractivity contribution in [3.8, 4) is 0 Å². The third-order valence-corrected chi connectivity index (χ3v) is 3.27. The summed E-state index contributed by atoms with van der Waals surface area (Å²) in [6.45, 7) is 2.00. The second kappa shape index (κ2) is 8.59. The number of hydrogen-bond donors (Lipinski definition) is 2. The Kier molecular flexibility index (Phi) is 7.09. The van der Waals surface area contributed by atoms with E-state index >= 15 is 0 Å². The fourth-order valence-electron chi connectivity index (χ4n) is 1.97. The van der Waals surface area contributed by atoms with Crippen LogP contribution in [0.1, 0.15) is 50.6 Å². The molecule has 0 aliphatic heterocycles.